The Morgan fingerprint density at radius 1 is 1.10 bits per heavy atom. The molecule has 1 N–H and O–H groups in total. The lowest BCUT2D eigenvalue weighted by Crippen LogP contribution is -2.65. The van der Waals surface area contributed by atoms with Crippen molar-refractivity contribution in [2.24, 2.45) is 0 Å². The zero-order valence-corrected chi connectivity index (χ0v) is 11.6. The van der Waals surface area contributed by atoms with Gasteiger partial charge in [-0.25, -0.2) is 0 Å². The van der Waals surface area contributed by atoms with Crippen LogP contribution in [0.1, 0.15) is 31.2 Å². The zero-order valence-electron chi connectivity index (χ0n) is 11.6. The van der Waals surface area contributed by atoms with E-state index in [-0.39, 0.29) is 18.4 Å². The van der Waals surface area contributed by atoms with Crippen molar-refractivity contribution in [3.63, 3.8) is 0 Å². The summed E-state index contributed by atoms with van der Waals surface area (Å²) < 4.78 is 0. The first-order valence-electron chi connectivity index (χ1n) is 7.34. The van der Waals surface area contributed by atoms with E-state index in [1.807, 2.05) is 18.2 Å². The highest BCUT2D eigenvalue weighted by atomic mass is 16.2. The zero-order chi connectivity index (χ0) is 14.0. The molecule has 0 atom stereocenters. The summed E-state index contributed by atoms with van der Waals surface area (Å²) in [6, 6.07) is 10.1. The second kappa shape index (κ2) is 5.27. The van der Waals surface area contributed by atoms with Gasteiger partial charge in [-0.1, -0.05) is 43.2 Å². The second-order valence-electron chi connectivity index (χ2n) is 5.80. The Hall–Kier alpha value is -1.84. The topological polar surface area (TPSA) is 49.4 Å². The molecule has 2 amide bonds. The van der Waals surface area contributed by atoms with Gasteiger partial charge in [0.15, 0.2) is 0 Å². The Kier molecular flexibility index (Phi) is 3.47. The van der Waals surface area contributed by atoms with Gasteiger partial charge in [-0.05, 0) is 24.8 Å². The van der Waals surface area contributed by atoms with Gasteiger partial charge in [0.1, 0.15) is 5.54 Å². The van der Waals surface area contributed by atoms with Crippen LogP contribution in [0, 0.1) is 0 Å². The van der Waals surface area contributed by atoms with Crippen LogP contribution in [0.25, 0.3) is 0 Å². The number of rotatable bonds is 3. The van der Waals surface area contributed by atoms with Crippen LogP contribution in [-0.2, 0) is 16.0 Å². The average molecular weight is 272 g/mol. The number of carbonyl (C=O) groups is 2. The van der Waals surface area contributed by atoms with Crippen molar-refractivity contribution < 1.29 is 9.59 Å². The lowest BCUT2D eigenvalue weighted by Gasteiger charge is -2.39. The molecule has 1 saturated heterocycles. The number of nitrogens with one attached hydrogen (secondary N) is 1. The highest BCUT2D eigenvalue weighted by molar-refractivity contribution is 5.98. The van der Waals surface area contributed by atoms with E-state index >= 15 is 0 Å². The molecule has 2 fully saturated rings. The van der Waals surface area contributed by atoms with Crippen molar-refractivity contribution in [2.45, 2.75) is 37.6 Å². The van der Waals surface area contributed by atoms with Crippen LogP contribution in [0.5, 0.6) is 0 Å². The molecule has 1 heterocycles. The third-order valence-electron chi connectivity index (χ3n) is 4.38. The summed E-state index contributed by atoms with van der Waals surface area (Å²) in [6.45, 7) is 0.825. The summed E-state index contributed by atoms with van der Waals surface area (Å²) in [5.41, 5.74) is 0.609. The van der Waals surface area contributed by atoms with Crippen molar-refractivity contribution in [3.8, 4) is 0 Å². The van der Waals surface area contributed by atoms with Crippen molar-refractivity contribution in [2.75, 3.05) is 13.1 Å². The van der Waals surface area contributed by atoms with Crippen LogP contribution in [0.15, 0.2) is 30.3 Å². The molecule has 1 aliphatic heterocycles. The number of hydrogen-bond donors (Lipinski definition) is 1. The van der Waals surface area contributed by atoms with Gasteiger partial charge < -0.3 is 10.2 Å². The Balaban J connectivity index is 1.69. The number of carbonyl (C=O) groups excluding carboxylic acids is 2. The number of hydrogen-bond acceptors (Lipinski definition) is 2. The molecule has 0 radical (unpaired) electrons. The van der Waals surface area contributed by atoms with Gasteiger partial charge in [-0.15, -0.1) is 0 Å². The van der Waals surface area contributed by atoms with Gasteiger partial charge in [0, 0.05) is 6.54 Å². The number of nitrogens with zero attached hydrogens (tertiary/aromatic N) is 1. The molecule has 106 valence electrons. The lowest BCUT2D eigenvalue weighted by molar-refractivity contribution is -0.149. The summed E-state index contributed by atoms with van der Waals surface area (Å²) in [5.74, 6) is 0.102. The summed E-state index contributed by atoms with van der Waals surface area (Å²) in [7, 11) is 0. The summed E-state index contributed by atoms with van der Waals surface area (Å²) in [5, 5.41) is 2.94. The first-order valence-corrected chi connectivity index (χ1v) is 7.34. The molecule has 4 nitrogen and oxygen atoms in total. The number of piperazine rings is 1. The fraction of sp³-hybridized carbons (Fsp3) is 0.500. The molecule has 1 saturated carbocycles. The highest BCUT2D eigenvalue weighted by Crippen LogP contribution is 2.33. The minimum absolute atomic E-state index is 0.0143. The van der Waals surface area contributed by atoms with Gasteiger partial charge in [0.2, 0.25) is 11.8 Å². The van der Waals surface area contributed by atoms with Crippen molar-refractivity contribution in [1.29, 1.82) is 0 Å². The van der Waals surface area contributed by atoms with E-state index in [4.69, 9.17) is 0 Å². The molecule has 0 aromatic heterocycles. The van der Waals surface area contributed by atoms with Crippen LogP contribution >= 0.6 is 0 Å². The molecule has 1 spiro atoms. The van der Waals surface area contributed by atoms with E-state index in [9.17, 15) is 9.59 Å². The Bertz CT molecular complexity index is 506. The van der Waals surface area contributed by atoms with Gasteiger partial charge >= 0.3 is 0 Å². The third kappa shape index (κ3) is 2.42. The Morgan fingerprint density at radius 3 is 2.50 bits per heavy atom. The van der Waals surface area contributed by atoms with E-state index in [1.54, 1.807) is 4.90 Å². The Labute approximate surface area is 119 Å². The lowest BCUT2D eigenvalue weighted by atomic mass is 9.93. The van der Waals surface area contributed by atoms with E-state index in [1.165, 1.54) is 5.56 Å². The van der Waals surface area contributed by atoms with Crippen LogP contribution < -0.4 is 5.32 Å². The Morgan fingerprint density at radius 2 is 1.80 bits per heavy atom. The molecular formula is C16H20N2O2. The predicted octanol–water partition coefficient (Wildman–Crippen LogP) is 1.50. The van der Waals surface area contributed by atoms with E-state index in [0.717, 1.165) is 32.1 Å². The molecule has 1 aromatic carbocycles. The fourth-order valence-electron chi connectivity index (χ4n) is 3.31. The largest absolute Gasteiger partial charge is 0.340 e. The maximum Gasteiger partial charge on any atom is 0.248 e. The van der Waals surface area contributed by atoms with E-state index < -0.39 is 5.54 Å². The molecular weight excluding hydrogens is 252 g/mol. The molecule has 0 unspecified atom stereocenters. The van der Waals surface area contributed by atoms with Crippen LogP contribution in [-0.4, -0.2) is 35.3 Å². The predicted molar refractivity (Wildman–Crippen MR) is 76.1 cm³/mol. The SMILES string of the molecule is O=C1CN(CCc2ccccc2)C(=O)C2(CCCC2)N1. The quantitative estimate of drug-likeness (QED) is 0.906. The van der Waals surface area contributed by atoms with Crippen LogP contribution in [0.2, 0.25) is 0 Å². The summed E-state index contributed by atoms with van der Waals surface area (Å²) in [6.07, 6.45) is 4.44. The average Bonchev–Trinajstić information content (AvgIpc) is 2.92. The monoisotopic (exact) mass is 272 g/mol. The smallest absolute Gasteiger partial charge is 0.248 e. The first-order chi connectivity index (χ1) is 9.70. The van der Waals surface area contributed by atoms with Crippen LogP contribution in [0.4, 0.5) is 0 Å². The summed E-state index contributed by atoms with van der Waals surface area (Å²) >= 11 is 0. The third-order valence-corrected chi connectivity index (χ3v) is 4.38. The van der Waals surface area contributed by atoms with Crippen LogP contribution in [0.3, 0.4) is 0 Å². The van der Waals surface area contributed by atoms with Gasteiger partial charge in [-0.2, -0.15) is 0 Å². The first kappa shape index (κ1) is 13.2. The fourth-order valence-corrected chi connectivity index (χ4v) is 3.31. The number of benzene rings is 1. The van der Waals surface area contributed by atoms with Crippen molar-refractivity contribution >= 4 is 11.8 Å². The molecule has 1 aromatic rings. The van der Waals surface area contributed by atoms with Crippen molar-refractivity contribution in [1.82, 2.24) is 10.2 Å². The molecule has 2 aliphatic rings. The van der Waals surface area contributed by atoms with Gasteiger partial charge in [0.05, 0.1) is 6.54 Å². The standard InChI is InChI=1S/C16H20N2O2/c19-14-12-18(11-8-13-6-2-1-3-7-13)15(20)16(17-14)9-4-5-10-16/h1-3,6-7H,4-5,8-12H2,(H,17,19). The summed E-state index contributed by atoms with van der Waals surface area (Å²) in [4.78, 5) is 26.2. The van der Waals surface area contributed by atoms with E-state index in [2.05, 4.69) is 17.4 Å². The van der Waals surface area contributed by atoms with E-state index in [0.29, 0.717) is 6.54 Å². The molecule has 3 rings (SSSR count). The maximum atomic E-state index is 12.6. The maximum absolute atomic E-state index is 12.6. The van der Waals surface area contributed by atoms with Gasteiger partial charge in [0.25, 0.3) is 0 Å². The van der Waals surface area contributed by atoms with Gasteiger partial charge in [-0.3, -0.25) is 9.59 Å². The number of amides is 2. The minimum atomic E-state index is -0.591. The molecule has 1 aliphatic carbocycles. The molecule has 4 heteroatoms. The molecule has 20 heavy (non-hydrogen) atoms. The minimum Gasteiger partial charge on any atom is -0.340 e. The highest BCUT2D eigenvalue weighted by Gasteiger charge is 2.47. The normalized spacial score (nSPS) is 21.3. The van der Waals surface area contributed by atoms with Crippen molar-refractivity contribution in [3.05, 3.63) is 35.9 Å². The second-order valence-corrected chi connectivity index (χ2v) is 5.80. The molecule has 0 bridgehead atoms.